The minimum Gasteiger partial charge on any atom is -0.508 e. The van der Waals surface area contributed by atoms with Gasteiger partial charge in [-0.15, -0.1) is 0 Å². The molecule has 1 rings (SSSR count). The molecule has 1 atom stereocenters. The highest BCUT2D eigenvalue weighted by Gasteiger charge is 2.16. The number of hydrogen-bond donors (Lipinski definition) is 3. The molecule has 0 saturated heterocycles. The van der Waals surface area contributed by atoms with Crippen LogP contribution in [0.25, 0.3) is 0 Å². The van der Waals surface area contributed by atoms with Gasteiger partial charge in [0.05, 0.1) is 6.10 Å². The van der Waals surface area contributed by atoms with Crippen LogP contribution in [0.2, 0.25) is 0 Å². The highest BCUT2D eigenvalue weighted by Crippen LogP contribution is 2.15. The van der Waals surface area contributed by atoms with E-state index in [4.69, 9.17) is 15.3 Å². The van der Waals surface area contributed by atoms with Gasteiger partial charge >= 0.3 is 5.97 Å². The fraction of sp³-hybridized carbons (Fsp3) is 0.286. The van der Waals surface area contributed by atoms with Gasteiger partial charge in [0, 0.05) is 12.0 Å². The molecule has 0 bridgehead atoms. The normalized spacial score (nSPS) is 23.9. The highest BCUT2D eigenvalue weighted by molar-refractivity contribution is 5.87. The minimum absolute atomic E-state index is 0.0255. The van der Waals surface area contributed by atoms with E-state index < -0.39 is 12.1 Å². The standard InChI is InChI=1S/C7H8O4/c8-5-1-4(7(10)11)2-6(9)3-5/h1,3,6,8-9H,2H2,(H,10,11). The largest absolute Gasteiger partial charge is 0.508 e. The molecule has 0 spiro atoms. The zero-order valence-corrected chi connectivity index (χ0v) is 5.69. The molecule has 4 heteroatoms. The van der Waals surface area contributed by atoms with Crippen LogP contribution in [0.3, 0.4) is 0 Å². The first-order chi connectivity index (χ1) is 5.09. The maximum absolute atomic E-state index is 10.3. The summed E-state index contributed by atoms with van der Waals surface area (Å²) in [6.07, 6.45) is 1.51. The number of aliphatic carboxylic acids is 1. The monoisotopic (exact) mass is 156 g/mol. The van der Waals surface area contributed by atoms with Crippen molar-refractivity contribution in [2.24, 2.45) is 0 Å². The van der Waals surface area contributed by atoms with Crippen LogP contribution in [0.4, 0.5) is 0 Å². The molecule has 60 valence electrons. The Hall–Kier alpha value is -1.29. The first-order valence-electron chi connectivity index (χ1n) is 3.12. The third kappa shape index (κ3) is 1.81. The molecule has 1 unspecified atom stereocenters. The lowest BCUT2D eigenvalue weighted by Gasteiger charge is -2.11. The zero-order chi connectivity index (χ0) is 8.43. The lowest BCUT2D eigenvalue weighted by atomic mass is 10.0. The van der Waals surface area contributed by atoms with Gasteiger partial charge in [-0.05, 0) is 12.2 Å². The van der Waals surface area contributed by atoms with E-state index in [-0.39, 0.29) is 17.8 Å². The maximum atomic E-state index is 10.3. The van der Waals surface area contributed by atoms with Crippen LogP contribution in [0.15, 0.2) is 23.5 Å². The first kappa shape index (κ1) is 7.81. The second-order valence-electron chi connectivity index (χ2n) is 2.34. The molecule has 0 aromatic heterocycles. The summed E-state index contributed by atoms with van der Waals surface area (Å²) in [6, 6.07) is 0. The SMILES string of the molecule is O=C(O)C1=CC(O)=CC(O)C1. The number of carboxylic acid groups (broad SMARTS) is 1. The second-order valence-corrected chi connectivity index (χ2v) is 2.34. The highest BCUT2D eigenvalue weighted by atomic mass is 16.4. The third-order valence-corrected chi connectivity index (χ3v) is 1.39. The molecule has 1 aliphatic rings. The summed E-state index contributed by atoms with van der Waals surface area (Å²) in [6.45, 7) is 0. The molecule has 0 radical (unpaired) electrons. The molecule has 0 heterocycles. The number of carboxylic acids is 1. The molecule has 3 N–H and O–H groups in total. The molecular formula is C7H8O4. The Morgan fingerprint density at radius 2 is 2.27 bits per heavy atom. The predicted molar refractivity (Wildman–Crippen MR) is 37.1 cm³/mol. The maximum Gasteiger partial charge on any atom is 0.331 e. The van der Waals surface area contributed by atoms with E-state index in [1.807, 2.05) is 0 Å². The van der Waals surface area contributed by atoms with Crippen LogP contribution in [0.1, 0.15) is 6.42 Å². The van der Waals surface area contributed by atoms with E-state index in [1.54, 1.807) is 0 Å². The third-order valence-electron chi connectivity index (χ3n) is 1.39. The quantitative estimate of drug-likeness (QED) is 0.507. The van der Waals surface area contributed by atoms with Gasteiger partial charge in [0.15, 0.2) is 0 Å². The lowest BCUT2D eigenvalue weighted by Crippen LogP contribution is -2.14. The van der Waals surface area contributed by atoms with E-state index in [2.05, 4.69) is 0 Å². The van der Waals surface area contributed by atoms with Crippen molar-refractivity contribution in [1.82, 2.24) is 0 Å². The number of aliphatic hydroxyl groups excluding tert-OH is 2. The Labute approximate surface area is 63.1 Å². The summed E-state index contributed by atoms with van der Waals surface area (Å²) in [5.41, 5.74) is 0.0255. The Balaban J connectivity index is 2.84. The summed E-state index contributed by atoms with van der Waals surface area (Å²) in [4.78, 5) is 10.3. The van der Waals surface area contributed by atoms with Crippen LogP contribution >= 0.6 is 0 Å². The number of allylic oxidation sites excluding steroid dienone is 1. The smallest absolute Gasteiger partial charge is 0.331 e. The van der Waals surface area contributed by atoms with Crippen LogP contribution in [0, 0.1) is 0 Å². The van der Waals surface area contributed by atoms with Crippen molar-refractivity contribution in [1.29, 1.82) is 0 Å². The Morgan fingerprint density at radius 1 is 1.64 bits per heavy atom. The van der Waals surface area contributed by atoms with Gasteiger partial charge in [0.2, 0.25) is 0 Å². The van der Waals surface area contributed by atoms with Crippen molar-refractivity contribution in [2.45, 2.75) is 12.5 Å². The topological polar surface area (TPSA) is 77.8 Å². The molecular weight excluding hydrogens is 148 g/mol. The minimum atomic E-state index is -1.11. The van der Waals surface area contributed by atoms with Gasteiger partial charge < -0.3 is 15.3 Å². The molecule has 0 aromatic carbocycles. The fourth-order valence-corrected chi connectivity index (χ4v) is 0.916. The predicted octanol–water partition coefficient (Wildman–Crippen LogP) is 0.204. The van der Waals surface area contributed by atoms with Crippen molar-refractivity contribution in [2.75, 3.05) is 0 Å². The summed E-state index contributed by atoms with van der Waals surface area (Å²) in [5, 5.41) is 26.3. The summed E-state index contributed by atoms with van der Waals surface area (Å²) in [5.74, 6) is -1.30. The molecule has 0 fully saturated rings. The molecule has 0 aliphatic heterocycles. The van der Waals surface area contributed by atoms with Crippen molar-refractivity contribution in [3.05, 3.63) is 23.5 Å². The van der Waals surface area contributed by atoms with Gasteiger partial charge in [-0.3, -0.25) is 0 Å². The van der Waals surface area contributed by atoms with Crippen LogP contribution in [-0.2, 0) is 4.79 Å². The van der Waals surface area contributed by atoms with Gasteiger partial charge in [-0.1, -0.05) is 0 Å². The Morgan fingerprint density at radius 3 is 2.73 bits per heavy atom. The zero-order valence-electron chi connectivity index (χ0n) is 5.69. The van der Waals surface area contributed by atoms with E-state index in [1.165, 1.54) is 6.08 Å². The van der Waals surface area contributed by atoms with Crippen LogP contribution < -0.4 is 0 Å². The van der Waals surface area contributed by atoms with Gasteiger partial charge in [0.25, 0.3) is 0 Å². The number of carbonyl (C=O) groups is 1. The van der Waals surface area contributed by atoms with Crippen LogP contribution in [-0.4, -0.2) is 27.4 Å². The van der Waals surface area contributed by atoms with Crippen molar-refractivity contribution in [3.8, 4) is 0 Å². The number of rotatable bonds is 1. The number of aliphatic hydroxyl groups is 2. The molecule has 0 aromatic rings. The van der Waals surface area contributed by atoms with Crippen molar-refractivity contribution < 1.29 is 20.1 Å². The first-order valence-corrected chi connectivity index (χ1v) is 3.12. The molecule has 11 heavy (non-hydrogen) atoms. The van der Waals surface area contributed by atoms with E-state index in [9.17, 15) is 4.79 Å². The van der Waals surface area contributed by atoms with Crippen LogP contribution in [0.5, 0.6) is 0 Å². The average Bonchev–Trinajstić information content (AvgIpc) is 1.85. The van der Waals surface area contributed by atoms with Gasteiger partial charge in [0.1, 0.15) is 5.76 Å². The lowest BCUT2D eigenvalue weighted by molar-refractivity contribution is -0.133. The molecule has 0 amide bonds. The van der Waals surface area contributed by atoms with Crippen molar-refractivity contribution in [3.63, 3.8) is 0 Å². The molecule has 4 nitrogen and oxygen atoms in total. The summed E-state index contributed by atoms with van der Waals surface area (Å²) < 4.78 is 0. The summed E-state index contributed by atoms with van der Waals surface area (Å²) in [7, 11) is 0. The van der Waals surface area contributed by atoms with E-state index >= 15 is 0 Å². The van der Waals surface area contributed by atoms with E-state index in [0.717, 1.165) is 6.08 Å². The Bertz CT molecular complexity index is 239. The molecule has 0 saturated carbocycles. The average molecular weight is 156 g/mol. The molecule has 1 aliphatic carbocycles. The second kappa shape index (κ2) is 2.75. The van der Waals surface area contributed by atoms with E-state index in [0.29, 0.717) is 0 Å². The number of hydrogen-bond acceptors (Lipinski definition) is 3. The van der Waals surface area contributed by atoms with Crippen molar-refractivity contribution >= 4 is 5.97 Å². The summed E-state index contributed by atoms with van der Waals surface area (Å²) >= 11 is 0. The van der Waals surface area contributed by atoms with Gasteiger partial charge in [-0.2, -0.15) is 0 Å². The fourth-order valence-electron chi connectivity index (χ4n) is 0.916. The van der Waals surface area contributed by atoms with Gasteiger partial charge in [-0.25, -0.2) is 4.79 Å². The Kier molecular flexibility index (Phi) is 1.96.